The topological polar surface area (TPSA) is 135 Å². The van der Waals surface area contributed by atoms with Crippen molar-refractivity contribution in [1.29, 1.82) is 5.26 Å². The number of nitrogens with zero attached hydrogens (tertiary/aromatic N) is 6. The molecular formula is C28H31N9O2. The molecule has 200 valence electrons. The van der Waals surface area contributed by atoms with Crippen LogP contribution in [0.2, 0.25) is 0 Å². The average molecular weight is 526 g/mol. The van der Waals surface area contributed by atoms with Gasteiger partial charge in [-0.2, -0.15) is 15.3 Å². The van der Waals surface area contributed by atoms with Crippen molar-refractivity contribution in [1.82, 2.24) is 25.1 Å². The van der Waals surface area contributed by atoms with Gasteiger partial charge in [-0.15, -0.1) is 0 Å². The van der Waals surface area contributed by atoms with Crippen LogP contribution in [0.25, 0.3) is 22.3 Å². The second kappa shape index (κ2) is 11.9. The van der Waals surface area contributed by atoms with E-state index in [2.05, 4.69) is 48.9 Å². The summed E-state index contributed by atoms with van der Waals surface area (Å²) in [6, 6.07) is 15.5. The number of aromatic amines is 1. The Morgan fingerprint density at radius 2 is 2.00 bits per heavy atom. The van der Waals surface area contributed by atoms with Gasteiger partial charge in [-0.1, -0.05) is 6.07 Å². The summed E-state index contributed by atoms with van der Waals surface area (Å²) in [7, 11) is 3.95. The van der Waals surface area contributed by atoms with Crippen molar-refractivity contribution in [3.8, 4) is 17.3 Å². The Kier molecular flexibility index (Phi) is 7.96. The molecule has 11 nitrogen and oxygen atoms in total. The Hall–Kier alpha value is -4.53. The molecule has 1 amide bonds. The summed E-state index contributed by atoms with van der Waals surface area (Å²) < 4.78 is 5.48. The first-order valence-electron chi connectivity index (χ1n) is 12.9. The van der Waals surface area contributed by atoms with E-state index in [0.717, 1.165) is 37.4 Å². The van der Waals surface area contributed by atoms with Crippen molar-refractivity contribution in [2.24, 2.45) is 0 Å². The predicted molar refractivity (Wildman–Crippen MR) is 151 cm³/mol. The molecule has 0 atom stereocenters. The lowest BCUT2D eigenvalue weighted by Gasteiger charge is -2.29. The van der Waals surface area contributed by atoms with Crippen LogP contribution in [0.15, 0.2) is 48.7 Å². The van der Waals surface area contributed by atoms with Crippen LogP contribution < -0.4 is 15.5 Å². The van der Waals surface area contributed by atoms with Crippen molar-refractivity contribution in [3.05, 3.63) is 54.2 Å². The highest BCUT2D eigenvalue weighted by Gasteiger charge is 2.16. The van der Waals surface area contributed by atoms with Gasteiger partial charge in [0.15, 0.2) is 5.65 Å². The van der Waals surface area contributed by atoms with E-state index in [9.17, 15) is 10.1 Å². The van der Waals surface area contributed by atoms with Crippen molar-refractivity contribution in [3.63, 3.8) is 0 Å². The number of ether oxygens (including phenoxy) is 1. The number of nitriles is 1. The molecule has 4 aromatic rings. The molecule has 3 heterocycles. The van der Waals surface area contributed by atoms with Crippen LogP contribution in [0, 0.1) is 11.3 Å². The number of carbonyl (C=O) groups is 1. The lowest BCUT2D eigenvalue weighted by atomic mass is 10.0. The van der Waals surface area contributed by atoms with Gasteiger partial charge in [0.2, 0.25) is 11.9 Å². The first-order valence-corrected chi connectivity index (χ1v) is 12.9. The molecule has 0 saturated carbocycles. The maximum Gasteiger partial charge on any atom is 0.229 e. The summed E-state index contributed by atoms with van der Waals surface area (Å²) in [6.45, 7) is 3.92. The highest BCUT2D eigenvalue weighted by Crippen LogP contribution is 2.31. The SMILES string of the molecule is CN(C)CCCC(=O)Nc1cc(C#N)cc(-c2nc(Nc3cccc(N4CCOCC4)c3)nc3[nH]ncc23)c1. The van der Waals surface area contributed by atoms with E-state index in [1.807, 2.05) is 37.2 Å². The Morgan fingerprint density at radius 3 is 2.79 bits per heavy atom. The monoisotopic (exact) mass is 525 g/mol. The van der Waals surface area contributed by atoms with Gasteiger partial charge >= 0.3 is 0 Å². The molecule has 0 aliphatic carbocycles. The van der Waals surface area contributed by atoms with E-state index in [1.54, 1.807) is 18.3 Å². The summed E-state index contributed by atoms with van der Waals surface area (Å²) in [5, 5.41) is 23.7. The van der Waals surface area contributed by atoms with E-state index >= 15 is 0 Å². The van der Waals surface area contributed by atoms with E-state index in [-0.39, 0.29) is 5.91 Å². The van der Waals surface area contributed by atoms with Crippen LogP contribution in [-0.2, 0) is 9.53 Å². The largest absolute Gasteiger partial charge is 0.378 e. The Labute approximate surface area is 226 Å². The molecule has 2 aromatic carbocycles. The molecular weight excluding hydrogens is 494 g/mol. The second-order valence-corrected chi connectivity index (χ2v) is 9.67. The van der Waals surface area contributed by atoms with Crippen LogP contribution in [0.5, 0.6) is 0 Å². The van der Waals surface area contributed by atoms with Gasteiger partial charge in [-0.05, 0) is 63.5 Å². The van der Waals surface area contributed by atoms with Gasteiger partial charge in [0, 0.05) is 42.1 Å². The minimum Gasteiger partial charge on any atom is -0.378 e. The Balaban J connectivity index is 1.43. The number of morpholine rings is 1. The average Bonchev–Trinajstić information content (AvgIpc) is 3.41. The van der Waals surface area contributed by atoms with Crippen molar-refractivity contribution < 1.29 is 9.53 Å². The number of aromatic nitrogens is 4. The first kappa shape index (κ1) is 26.1. The van der Waals surface area contributed by atoms with E-state index in [4.69, 9.17) is 9.72 Å². The number of rotatable bonds is 9. The summed E-state index contributed by atoms with van der Waals surface area (Å²) in [5.41, 5.74) is 4.74. The van der Waals surface area contributed by atoms with Crippen molar-refractivity contribution in [2.75, 3.05) is 62.5 Å². The minimum absolute atomic E-state index is 0.100. The zero-order valence-electron chi connectivity index (χ0n) is 22.1. The molecule has 1 aliphatic heterocycles. The lowest BCUT2D eigenvalue weighted by Crippen LogP contribution is -2.36. The normalized spacial score (nSPS) is 13.4. The molecule has 0 bridgehead atoms. The van der Waals surface area contributed by atoms with Gasteiger partial charge < -0.3 is 25.2 Å². The van der Waals surface area contributed by atoms with Crippen LogP contribution >= 0.6 is 0 Å². The highest BCUT2D eigenvalue weighted by molar-refractivity contribution is 5.95. The van der Waals surface area contributed by atoms with Crippen LogP contribution in [0.4, 0.5) is 23.0 Å². The standard InChI is InChI=1S/C28H31N9O2/c1-36(2)8-4-7-25(38)31-22-14-19(17-29)13-20(15-22)26-24-18-30-35-27(24)34-28(33-26)32-21-5-3-6-23(16-21)37-9-11-39-12-10-37/h3,5-6,13-16,18H,4,7-12H2,1-2H3,(H,31,38)(H2,30,32,33,34,35). The van der Waals surface area contributed by atoms with Gasteiger partial charge in [0.05, 0.1) is 42.1 Å². The molecule has 0 unspecified atom stereocenters. The van der Waals surface area contributed by atoms with E-state index in [0.29, 0.717) is 59.1 Å². The zero-order valence-corrected chi connectivity index (χ0v) is 22.1. The summed E-state index contributed by atoms with van der Waals surface area (Å²) in [4.78, 5) is 26.3. The summed E-state index contributed by atoms with van der Waals surface area (Å²) in [6.07, 6.45) is 2.79. The van der Waals surface area contributed by atoms with Gasteiger partial charge in [-0.3, -0.25) is 9.89 Å². The molecule has 1 fully saturated rings. The van der Waals surface area contributed by atoms with Crippen LogP contribution in [0.3, 0.4) is 0 Å². The number of anilines is 4. The van der Waals surface area contributed by atoms with E-state index < -0.39 is 0 Å². The highest BCUT2D eigenvalue weighted by atomic mass is 16.5. The summed E-state index contributed by atoms with van der Waals surface area (Å²) in [5.74, 6) is 0.286. The Morgan fingerprint density at radius 1 is 1.15 bits per heavy atom. The fourth-order valence-electron chi connectivity index (χ4n) is 4.52. The predicted octanol–water partition coefficient (Wildman–Crippen LogP) is 3.75. The van der Waals surface area contributed by atoms with Crippen LogP contribution in [0.1, 0.15) is 18.4 Å². The fraction of sp³-hybridized carbons (Fsp3) is 0.321. The molecule has 0 radical (unpaired) electrons. The first-order chi connectivity index (χ1) is 19.0. The number of amides is 1. The number of H-pyrrole nitrogens is 1. The van der Waals surface area contributed by atoms with Crippen molar-refractivity contribution >= 4 is 40.0 Å². The molecule has 3 N–H and O–H groups in total. The molecule has 5 rings (SSSR count). The third-order valence-electron chi connectivity index (χ3n) is 6.42. The van der Waals surface area contributed by atoms with Gasteiger partial charge in [0.1, 0.15) is 0 Å². The lowest BCUT2D eigenvalue weighted by molar-refractivity contribution is -0.116. The zero-order chi connectivity index (χ0) is 27.2. The number of fused-ring (bicyclic) bond motifs is 1. The number of carbonyl (C=O) groups excluding carboxylic acids is 1. The van der Waals surface area contributed by atoms with Gasteiger partial charge in [0.25, 0.3) is 0 Å². The maximum absolute atomic E-state index is 12.5. The summed E-state index contributed by atoms with van der Waals surface area (Å²) >= 11 is 0. The number of hydrogen-bond donors (Lipinski definition) is 3. The number of benzene rings is 2. The third-order valence-corrected chi connectivity index (χ3v) is 6.42. The fourth-order valence-corrected chi connectivity index (χ4v) is 4.52. The minimum atomic E-state index is -0.100. The molecule has 2 aromatic heterocycles. The second-order valence-electron chi connectivity index (χ2n) is 9.67. The van der Waals surface area contributed by atoms with E-state index in [1.165, 1.54) is 0 Å². The Bertz CT molecular complexity index is 1500. The number of nitrogens with one attached hydrogen (secondary N) is 3. The smallest absolute Gasteiger partial charge is 0.229 e. The van der Waals surface area contributed by atoms with Crippen molar-refractivity contribution in [2.45, 2.75) is 12.8 Å². The van der Waals surface area contributed by atoms with Crippen LogP contribution in [-0.4, -0.2) is 77.9 Å². The molecule has 0 spiro atoms. The van der Waals surface area contributed by atoms with Gasteiger partial charge in [-0.25, -0.2) is 4.98 Å². The molecule has 11 heteroatoms. The molecule has 1 aliphatic rings. The maximum atomic E-state index is 12.5. The molecule has 39 heavy (non-hydrogen) atoms. The quantitative estimate of drug-likeness (QED) is 0.298. The number of hydrogen-bond acceptors (Lipinski definition) is 9. The third kappa shape index (κ3) is 6.49. The molecule has 1 saturated heterocycles.